The number of aliphatic carboxylic acids is 1. The van der Waals surface area contributed by atoms with Gasteiger partial charge in [0.2, 0.25) is 0 Å². The average molecular weight is 273 g/mol. The second-order valence-corrected chi connectivity index (χ2v) is 5.20. The van der Waals surface area contributed by atoms with Crippen molar-refractivity contribution in [1.29, 1.82) is 0 Å². The van der Waals surface area contributed by atoms with Gasteiger partial charge in [-0.05, 0) is 20.9 Å². The van der Waals surface area contributed by atoms with Crippen molar-refractivity contribution in [2.75, 3.05) is 26.7 Å². The number of likely N-dealkylation sites (N-methyl/N-ethyl adjacent to an activating group) is 1. The topological polar surface area (TPSA) is 93.1 Å². The number of urea groups is 1. The molecule has 0 aliphatic carbocycles. The zero-order valence-electron chi connectivity index (χ0n) is 11.7. The van der Waals surface area contributed by atoms with E-state index in [0.29, 0.717) is 19.1 Å². The molecule has 1 aliphatic rings. The third kappa shape index (κ3) is 4.36. The SMILES string of the molecule is CC(C)N(C)CCNC(=O)N1C[C@H](O)C[C@@H]1C(=O)O. The van der Waals surface area contributed by atoms with Crippen molar-refractivity contribution < 1.29 is 19.8 Å². The van der Waals surface area contributed by atoms with Gasteiger partial charge < -0.3 is 25.3 Å². The molecule has 7 heteroatoms. The van der Waals surface area contributed by atoms with Gasteiger partial charge in [-0.3, -0.25) is 0 Å². The molecule has 1 saturated heterocycles. The van der Waals surface area contributed by atoms with Gasteiger partial charge in [0.15, 0.2) is 0 Å². The number of β-amino-alcohol motifs (C(OH)–C–C–N with tert-alkyl or cyclic N) is 1. The number of likely N-dealkylation sites (tertiary alicyclic amines) is 1. The highest BCUT2D eigenvalue weighted by atomic mass is 16.4. The summed E-state index contributed by atoms with van der Waals surface area (Å²) in [4.78, 5) is 26.1. The lowest BCUT2D eigenvalue weighted by atomic mass is 10.2. The van der Waals surface area contributed by atoms with Crippen LogP contribution in [0.25, 0.3) is 0 Å². The highest BCUT2D eigenvalue weighted by Gasteiger charge is 2.38. The Kier molecular flexibility index (Phi) is 5.56. The van der Waals surface area contributed by atoms with Crippen molar-refractivity contribution in [2.45, 2.75) is 38.5 Å². The van der Waals surface area contributed by atoms with Crippen LogP contribution < -0.4 is 5.32 Å². The van der Waals surface area contributed by atoms with Gasteiger partial charge in [0.1, 0.15) is 6.04 Å². The van der Waals surface area contributed by atoms with Gasteiger partial charge in [-0.25, -0.2) is 9.59 Å². The summed E-state index contributed by atoms with van der Waals surface area (Å²) in [7, 11) is 1.95. The lowest BCUT2D eigenvalue weighted by molar-refractivity contribution is -0.141. The number of rotatable bonds is 5. The Bertz CT molecular complexity index is 335. The zero-order chi connectivity index (χ0) is 14.6. The minimum absolute atomic E-state index is 0.0722. The molecule has 1 rings (SSSR count). The largest absolute Gasteiger partial charge is 0.480 e. The maximum Gasteiger partial charge on any atom is 0.326 e. The highest BCUT2D eigenvalue weighted by Crippen LogP contribution is 2.17. The molecular weight excluding hydrogens is 250 g/mol. The third-order valence-electron chi connectivity index (χ3n) is 3.45. The van der Waals surface area contributed by atoms with Gasteiger partial charge >= 0.3 is 12.0 Å². The molecule has 3 N–H and O–H groups in total. The van der Waals surface area contributed by atoms with Crippen molar-refractivity contribution in [2.24, 2.45) is 0 Å². The molecular formula is C12H23N3O4. The van der Waals surface area contributed by atoms with Crippen LogP contribution in [0.5, 0.6) is 0 Å². The van der Waals surface area contributed by atoms with E-state index in [1.165, 1.54) is 4.90 Å². The van der Waals surface area contributed by atoms with Crippen LogP contribution in [0.1, 0.15) is 20.3 Å². The van der Waals surface area contributed by atoms with Crippen LogP contribution in [0, 0.1) is 0 Å². The molecule has 0 radical (unpaired) electrons. The predicted octanol–water partition coefficient (Wildman–Crippen LogP) is -0.444. The number of aliphatic hydroxyl groups excluding tert-OH is 1. The number of hydrogen-bond acceptors (Lipinski definition) is 4. The van der Waals surface area contributed by atoms with E-state index in [4.69, 9.17) is 5.11 Å². The van der Waals surface area contributed by atoms with E-state index in [-0.39, 0.29) is 13.0 Å². The summed E-state index contributed by atoms with van der Waals surface area (Å²) in [6, 6.07) is -0.976. The molecule has 0 aromatic heterocycles. The van der Waals surface area contributed by atoms with Crippen LogP contribution in [0.2, 0.25) is 0 Å². The van der Waals surface area contributed by atoms with E-state index >= 15 is 0 Å². The van der Waals surface area contributed by atoms with E-state index < -0.39 is 24.1 Å². The molecule has 1 heterocycles. The van der Waals surface area contributed by atoms with Crippen LogP contribution in [0.15, 0.2) is 0 Å². The molecule has 0 unspecified atom stereocenters. The average Bonchev–Trinajstić information content (AvgIpc) is 2.71. The predicted molar refractivity (Wildman–Crippen MR) is 69.9 cm³/mol. The van der Waals surface area contributed by atoms with Gasteiger partial charge in [0, 0.05) is 32.1 Å². The molecule has 0 bridgehead atoms. The van der Waals surface area contributed by atoms with Gasteiger partial charge in [-0.1, -0.05) is 0 Å². The Morgan fingerprint density at radius 2 is 2.11 bits per heavy atom. The minimum atomic E-state index is -1.08. The fourth-order valence-corrected chi connectivity index (χ4v) is 1.97. The second kappa shape index (κ2) is 6.72. The van der Waals surface area contributed by atoms with Crippen molar-refractivity contribution >= 4 is 12.0 Å². The summed E-state index contributed by atoms with van der Waals surface area (Å²) in [5.74, 6) is -1.08. The highest BCUT2D eigenvalue weighted by molar-refractivity contribution is 5.83. The number of hydrogen-bond donors (Lipinski definition) is 3. The smallest absolute Gasteiger partial charge is 0.326 e. The third-order valence-corrected chi connectivity index (χ3v) is 3.45. The molecule has 1 fully saturated rings. The first-order valence-electron chi connectivity index (χ1n) is 6.48. The molecule has 2 atom stereocenters. The fourth-order valence-electron chi connectivity index (χ4n) is 1.97. The number of aliphatic hydroxyl groups is 1. The summed E-state index contributed by atoms with van der Waals surface area (Å²) in [5, 5.41) is 21.1. The molecule has 2 amide bonds. The molecule has 110 valence electrons. The minimum Gasteiger partial charge on any atom is -0.480 e. The number of carbonyl (C=O) groups is 2. The van der Waals surface area contributed by atoms with Gasteiger partial charge in [-0.2, -0.15) is 0 Å². The number of carboxylic acids is 1. The first-order valence-corrected chi connectivity index (χ1v) is 6.48. The quantitative estimate of drug-likeness (QED) is 0.631. The van der Waals surface area contributed by atoms with Crippen molar-refractivity contribution in [3.63, 3.8) is 0 Å². The maximum absolute atomic E-state index is 11.9. The Balaban J connectivity index is 2.42. The number of amides is 2. The van der Waals surface area contributed by atoms with Gasteiger partial charge in [0.05, 0.1) is 6.10 Å². The summed E-state index contributed by atoms with van der Waals surface area (Å²) in [5.41, 5.74) is 0. The molecule has 1 aliphatic heterocycles. The Morgan fingerprint density at radius 3 is 2.63 bits per heavy atom. The van der Waals surface area contributed by atoms with Crippen LogP contribution in [0.4, 0.5) is 4.79 Å². The lowest BCUT2D eigenvalue weighted by Crippen LogP contribution is -2.48. The van der Waals surface area contributed by atoms with Crippen LogP contribution in [0.3, 0.4) is 0 Å². The van der Waals surface area contributed by atoms with Crippen LogP contribution in [-0.4, -0.2) is 76.9 Å². The number of nitrogens with one attached hydrogen (secondary N) is 1. The Morgan fingerprint density at radius 1 is 1.47 bits per heavy atom. The molecule has 0 spiro atoms. The lowest BCUT2D eigenvalue weighted by Gasteiger charge is -2.24. The zero-order valence-corrected chi connectivity index (χ0v) is 11.7. The monoisotopic (exact) mass is 273 g/mol. The normalized spacial score (nSPS) is 23.2. The molecule has 0 aromatic rings. The van der Waals surface area contributed by atoms with Crippen molar-refractivity contribution in [3.8, 4) is 0 Å². The first-order chi connectivity index (χ1) is 8.82. The summed E-state index contributed by atoms with van der Waals surface area (Å²) < 4.78 is 0. The Labute approximate surface area is 113 Å². The summed E-state index contributed by atoms with van der Waals surface area (Å²) in [6.07, 6.45) is -0.667. The van der Waals surface area contributed by atoms with E-state index in [1.54, 1.807) is 0 Å². The van der Waals surface area contributed by atoms with Crippen molar-refractivity contribution in [1.82, 2.24) is 15.1 Å². The standard InChI is InChI=1S/C12H23N3O4/c1-8(2)14(3)5-4-13-12(19)15-7-9(16)6-10(15)11(17)18/h8-10,16H,4-7H2,1-3H3,(H,13,19)(H,17,18)/t9-,10-/m1/s1. The molecule has 19 heavy (non-hydrogen) atoms. The second-order valence-electron chi connectivity index (χ2n) is 5.20. The van der Waals surface area contributed by atoms with E-state index in [9.17, 15) is 14.7 Å². The van der Waals surface area contributed by atoms with Crippen molar-refractivity contribution in [3.05, 3.63) is 0 Å². The van der Waals surface area contributed by atoms with Gasteiger partial charge in [-0.15, -0.1) is 0 Å². The van der Waals surface area contributed by atoms with Crippen LogP contribution in [-0.2, 0) is 4.79 Å². The molecule has 0 aromatic carbocycles. The first kappa shape index (κ1) is 15.7. The van der Waals surface area contributed by atoms with Gasteiger partial charge in [0.25, 0.3) is 0 Å². The maximum atomic E-state index is 11.9. The van der Waals surface area contributed by atoms with E-state index in [1.807, 2.05) is 7.05 Å². The number of carbonyl (C=O) groups excluding carboxylic acids is 1. The van der Waals surface area contributed by atoms with Crippen LogP contribution >= 0.6 is 0 Å². The fraction of sp³-hybridized carbons (Fsp3) is 0.833. The number of carboxylic acid groups (broad SMARTS) is 1. The van der Waals surface area contributed by atoms with E-state index in [2.05, 4.69) is 24.1 Å². The summed E-state index contributed by atoms with van der Waals surface area (Å²) >= 11 is 0. The number of nitrogens with zero attached hydrogens (tertiary/aromatic N) is 2. The molecule has 0 saturated carbocycles. The summed E-state index contributed by atoms with van der Waals surface area (Å²) in [6.45, 7) is 5.32. The molecule has 7 nitrogen and oxygen atoms in total. The van der Waals surface area contributed by atoms with E-state index in [0.717, 1.165) is 0 Å². The Hall–Kier alpha value is -1.34.